The molecule has 18 heavy (non-hydrogen) atoms. The quantitative estimate of drug-likeness (QED) is 0.777. The van der Waals surface area contributed by atoms with Crippen LogP contribution in [0.3, 0.4) is 0 Å². The molecule has 1 heterocycles. The maximum atomic E-state index is 11.6. The van der Waals surface area contributed by atoms with E-state index in [1.165, 1.54) is 0 Å². The fourth-order valence-electron chi connectivity index (χ4n) is 1.47. The van der Waals surface area contributed by atoms with Crippen LogP contribution in [-0.2, 0) is 4.79 Å². The molecule has 1 amide bonds. The molecule has 2 rings (SSSR count). The number of nitrogens with zero attached hydrogens (tertiary/aromatic N) is 2. The van der Waals surface area contributed by atoms with Gasteiger partial charge in [0.05, 0.1) is 5.75 Å². The minimum absolute atomic E-state index is 0.116. The molecule has 0 radical (unpaired) electrons. The first-order valence-corrected chi connectivity index (χ1v) is 7.19. The molecule has 0 aromatic carbocycles. The fraction of sp³-hybridized carbons (Fsp3) is 0.727. The average molecular weight is 270 g/mol. The molecule has 1 aromatic rings. The van der Waals surface area contributed by atoms with E-state index in [2.05, 4.69) is 22.4 Å². The maximum absolute atomic E-state index is 11.6. The molecule has 1 unspecified atom stereocenters. The Kier molecular flexibility index (Phi) is 4.60. The minimum atomic E-state index is -0.116. The second-order valence-electron chi connectivity index (χ2n) is 4.47. The molecule has 0 saturated heterocycles. The van der Waals surface area contributed by atoms with Gasteiger partial charge in [0.2, 0.25) is 11.8 Å². The molecule has 7 heteroatoms. The van der Waals surface area contributed by atoms with Crippen molar-refractivity contribution in [3.05, 3.63) is 5.89 Å². The molecule has 1 fully saturated rings. The number of rotatable bonds is 7. The van der Waals surface area contributed by atoms with Gasteiger partial charge in [-0.1, -0.05) is 12.0 Å². The van der Waals surface area contributed by atoms with Crippen LogP contribution in [-0.4, -0.2) is 33.7 Å². The number of anilines is 1. The first-order chi connectivity index (χ1) is 8.69. The van der Waals surface area contributed by atoms with E-state index in [4.69, 9.17) is 10.2 Å². The number of hydrogen-bond donors (Lipinski definition) is 2. The largest absolute Gasteiger partial charge is 0.408 e. The topological polar surface area (TPSA) is 94.0 Å². The van der Waals surface area contributed by atoms with Crippen LogP contribution in [0.15, 0.2) is 4.42 Å². The van der Waals surface area contributed by atoms with Gasteiger partial charge in [-0.25, -0.2) is 0 Å². The molecule has 0 bridgehead atoms. The average Bonchev–Trinajstić information content (AvgIpc) is 3.09. The zero-order valence-corrected chi connectivity index (χ0v) is 11.2. The number of carbonyl (C=O) groups is 1. The van der Waals surface area contributed by atoms with Crippen LogP contribution in [0.5, 0.6) is 0 Å². The SMILES string of the molecule is CC(CCN)SCC(=O)Nc1nnc(C2CC2)o1. The number of carbonyl (C=O) groups excluding carboxylic acids is 1. The fourth-order valence-corrected chi connectivity index (χ4v) is 2.28. The normalized spacial score (nSPS) is 16.6. The Morgan fingerprint density at radius 1 is 1.61 bits per heavy atom. The van der Waals surface area contributed by atoms with E-state index < -0.39 is 0 Å². The summed E-state index contributed by atoms with van der Waals surface area (Å²) in [4.78, 5) is 11.6. The summed E-state index contributed by atoms with van der Waals surface area (Å²) >= 11 is 1.57. The molecular formula is C11H18N4O2S. The van der Waals surface area contributed by atoms with E-state index in [0.29, 0.717) is 29.4 Å². The van der Waals surface area contributed by atoms with Crippen molar-refractivity contribution in [2.24, 2.45) is 5.73 Å². The van der Waals surface area contributed by atoms with Gasteiger partial charge >= 0.3 is 6.01 Å². The highest BCUT2D eigenvalue weighted by Gasteiger charge is 2.29. The van der Waals surface area contributed by atoms with E-state index in [-0.39, 0.29) is 11.9 Å². The highest BCUT2D eigenvalue weighted by atomic mass is 32.2. The lowest BCUT2D eigenvalue weighted by Gasteiger charge is -2.08. The monoisotopic (exact) mass is 270 g/mol. The molecular weight excluding hydrogens is 252 g/mol. The van der Waals surface area contributed by atoms with Gasteiger partial charge in [-0.3, -0.25) is 10.1 Å². The first kappa shape index (κ1) is 13.4. The molecule has 1 aliphatic rings. The third kappa shape index (κ3) is 3.99. The van der Waals surface area contributed by atoms with Crippen molar-refractivity contribution in [3.8, 4) is 0 Å². The third-order valence-electron chi connectivity index (χ3n) is 2.69. The van der Waals surface area contributed by atoms with Crippen LogP contribution >= 0.6 is 11.8 Å². The lowest BCUT2D eigenvalue weighted by molar-refractivity contribution is -0.113. The van der Waals surface area contributed by atoms with Crippen LogP contribution in [0.25, 0.3) is 0 Å². The van der Waals surface area contributed by atoms with Crippen LogP contribution < -0.4 is 11.1 Å². The number of hydrogen-bond acceptors (Lipinski definition) is 6. The summed E-state index contributed by atoms with van der Waals surface area (Å²) in [6.45, 7) is 2.70. The minimum Gasteiger partial charge on any atom is -0.408 e. The molecule has 3 N–H and O–H groups in total. The second kappa shape index (κ2) is 6.19. The molecule has 6 nitrogen and oxygen atoms in total. The Morgan fingerprint density at radius 2 is 2.39 bits per heavy atom. The molecule has 1 saturated carbocycles. The Morgan fingerprint density at radius 3 is 3.06 bits per heavy atom. The number of aromatic nitrogens is 2. The van der Waals surface area contributed by atoms with Crippen molar-refractivity contribution in [2.45, 2.75) is 37.4 Å². The molecule has 1 atom stereocenters. The second-order valence-corrected chi connectivity index (χ2v) is 5.89. The van der Waals surface area contributed by atoms with Gasteiger partial charge < -0.3 is 10.2 Å². The Labute approximate surface area is 110 Å². The van der Waals surface area contributed by atoms with Crippen molar-refractivity contribution in [3.63, 3.8) is 0 Å². The first-order valence-electron chi connectivity index (χ1n) is 6.14. The van der Waals surface area contributed by atoms with Crippen molar-refractivity contribution >= 4 is 23.7 Å². The lowest BCUT2D eigenvalue weighted by Crippen LogP contribution is -2.17. The van der Waals surface area contributed by atoms with Gasteiger partial charge in [-0.15, -0.1) is 16.9 Å². The third-order valence-corrected chi connectivity index (χ3v) is 3.92. The predicted molar refractivity (Wildman–Crippen MR) is 70.5 cm³/mol. The van der Waals surface area contributed by atoms with Gasteiger partial charge in [0.15, 0.2) is 0 Å². The molecule has 0 aliphatic heterocycles. The van der Waals surface area contributed by atoms with Gasteiger partial charge in [-0.05, 0) is 25.8 Å². The smallest absolute Gasteiger partial charge is 0.322 e. The summed E-state index contributed by atoms with van der Waals surface area (Å²) in [5.41, 5.74) is 5.45. The summed E-state index contributed by atoms with van der Waals surface area (Å²) < 4.78 is 5.35. The summed E-state index contributed by atoms with van der Waals surface area (Å²) in [6, 6.07) is 0.203. The van der Waals surface area contributed by atoms with Crippen molar-refractivity contribution < 1.29 is 9.21 Å². The molecule has 0 spiro atoms. The Balaban J connectivity index is 1.72. The summed E-state index contributed by atoms with van der Waals surface area (Å²) in [5.74, 6) is 1.30. The highest BCUT2D eigenvalue weighted by molar-refractivity contribution is 8.00. The van der Waals surface area contributed by atoms with E-state index >= 15 is 0 Å². The number of nitrogens with one attached hydrogen (secondary N) is 1. The van der Waals surface area contributed by atoms with Gasteiger partial charge in [0.25, 0.3) is 0 Å². The highest BCUT2D eigenvalue weighted by Crippen LogP contribution is 2.39. The van der Waals surface area contributed by atoms with Crippen molar-refractivity contribution in [1.29, 1.82) is 0 Å². The standard InChI is InChI=1S/C11H18N4O2S/c1-7(4-5-12)18-6-9(16)13-11-15-14-10(17-11)8-2-3-8/h7-8H,2-6,12H2,1H3,(H,13,15,16). The van der Waals surface area contributed by atoms with E-state index in [1.807, 2.05) is 0 Å². The van der Waals surface area contributed by atoms with Crippen LogP contribution in [0.1, 0.15) is 38.0 Å². The molecule has 1 aromatic heterocycles. The Bertz CT molecular complexity index is 406. The number of thioether (sulfide) groups is 1. The predicted octanol–water partition coefficient (Wildman–Crippen LogP) is 1.36. The zero-order chi connectivity index (χ0) is 13.0. The summed E-state index contributed by atoms with van der Waals surface area (Å²) in [5, 5.41) is 10.7. The number of nitrogens with two attached hydrogens (primary N) is 1. The lowest BCUT2D eigenvalue weighted by atomic mass is 10.3. The maximum Gasteiger partial charge on any atom is 0.322 e. The van der Waals surface area contributed by atoms with E-state index in [9.17, 15) is 4.79 Å². The van der Waals surface area contributed by atoms with Crippen molar-refractivity contribution in [2.75, 3.05) is 17.6 Å². The van der Waals surface area contributed by atoms with Gasteiger partial charge in [0.1, 0.15) is 0 Å². The van der Waals surface area contributed by atoms with E-state index in [1.54, 1.807) is 11.8 Å². The summed E-state index contributed by atoms with van der Waals surface area (Å²) in [7, 11) is 0. The van der Waals surface area contributed by atoms with Crippen LogP contribution in [0.2, 0.25) is 0 Å². The van der Waals surface area contributed by atoms with Crippen molar-refractivity contribution in [1.82, 2.24) is 10.2 Å². The molecule has 1 aliphatic carbocycles. The molecule has 100 valence electrons. The zero-order valence-electron chi connectivity index (χ0n) is 10.4. The van der Waals surface area contributed by atoms with Gasteiger partial charge in [0, 0.05) is 11.2 Å². The number of amides is 1. The summed E-state index contributed by atoms with van der Waals surface area (Å²) in [6.07, 6.45) is 3.11. The van der Waals surface area contributed by atoms with E-state index in [0.717, 1.165) is 19.3 Å². The van der Waals surface area contributed by atoms with Crippen LogP contribution in [0.4, 0.5) is 6.01 Å². The van der Waals surface area contributed by atoms with Crippen LogP contribution in [0, 0.1) is 0 Å². The van der Waals surface area contributed by atoms with Gasteiger partial charge in [-0.2, -0.15) is 0 Å². The Hall–Kier alpha value is -1.08.